The molecule has 100 valence electrons. The molecule has 0 aliphatic carbocycles. The molecule has 4 heteroatoms. The van der Waals surface area contributed by atoms with Crippen molar-refractivity contribution in [2.24, 2.45) is 5.73 Å². The van der Waals surface area contributed by atoms with Crippen molar-refractivity contribution in [3.63, 3.8) is 0 Å². The Morgan fingerprint density at radius 3 is 2.32 bits per heavy atom. The molecular weight excluding hydrogens is 240 g/mol. The summed E-state index contributed by atoms with van der Waals surface area (Å²) in [7, 11) is 0. The number of carboxylic acids is 1. The maximum absolute atomic E-state index is 11.2. The van der Waals surface area contributed by atoms with Crippen molar-refractivity contribution in [3.05, 3.63) is 54.4 Å². The summed E-state index contributed by atoms with van der Waals surface area (Å²) in [5.74, 6) is -0.954. The number of hydrogen-bond donors (Lipinski definition) is 2. The van der Waals surface area contributed by atoms with Crippen molar-refractivity contribution in [3.8, 4) is 5.69 Å². The van der Waals surface area contributed by atoms with E-state index in [0.29, 0.717) is 12.8 Å². The van der Waals surface area contributed by atoms with Gasteiger partial charge >= 0.3 is 5.97 Å². The highest BCUT2D eigenvalue weighted by atomic mass is 16.4. The first-order valence-corrected chi connectivity index (χ1v) is 6.30. The van der Waals surface area contributed by atoms with Gasteiger partial charge in [0.25, 0.3) is 0 Å². The van der Waals surface area contributed by atoms with E-state index in [0.717, 1.165) is 11.3 Å². The lowest BCUT2D eigenvalue weighted by atomic mass is 9.89. The van der Waals surface area contributed by atoms with E-state index in [1.54, 1.807) is 6.92 Å². The lowest BCUT2D eigenvalue weighted by Crippen LogP contribution is -2.49. The van der Waals surface area contributed by atoms with Gasteiger partial charge in [-0.2, -0.15) is 0 Å². The average molecular weight is 258 g/mol. The van der Waals surface area contributed by atoms with Crippen molar-refractivity contribution in [2.75, 3.05) is 0 Å². The smallest absolute Gasteiger partial charge is 0.324 e. The molecule has 0 unspecified atom stereocenters. The van der Waals surface area contributed by atoms with Crippen molar-refractivity contribution in [2.45, 2.75) is 25.3 Å². The van der Waals surface area contributed by atoms with Crippen LogP contribution in [0.15, 0.2) is 48.8 Å². The van der Waals surface area contributed by atoms with Crippen LogP contribution < -0.4 is 5.73 Å². The van der Waals surface area contributed by atoms with Crippen molar-refractivity contribution < 1.29 is 9.90 Å². The second-order valence-corrected chi connectivity index (χ2v) is 4.75. The molecule has 3 N–H and O–H groups in total. The van der Waals surface area contributed by atoms with Crippen LogP contribution in [0.25, 0.3) is 5.69 Å². The Morgan fingerprint density at radius 2 is 1.84 bits per heavy atom. The number of hydrogen-bond acceptors (Lipinski definition) is 2. The van der Waals surface area contributed by atoms with Crippen LogP contribution in [0.4, 0.5) is 0 Å². The maximum Gasteiger partial charge on any atom is 0.324 e. The molecule has 1 atom stereocenters. The third-order valence-corrected chi connectivity index (χ3v) is 3.42. The molecule has 0 radical (unpaired) electrons. The minimum Gasteiger partial charge on any atom is -0.480 e. The van der Waals surface area contributed by atoms with E-state index in [9.17, 15) is 4.79 Å². The van der Waals surface area contributed by atoms with Gasteiger partial charge in [0.15, 0.2) is 0 Å². The first-order chi connectivity index (χ1) is 9.05. The van der Waals surface area contributed by atoms with Crippen LogP contribution in [0.1, 0.15) is 18.9 Å². The van der Waals surface area contributed by atoms with Crippen LogP contribution in [0.5, 0.6) is 0 Å². The van der Waals surface area contributed by atoms with Crippen LogP contribution in [-0.2, 0) is 11.2 Å². The Labute approximate surface area is 112 Å². The van der Waals surface area contributed by atoms with E-state index in [-0.39, 0.29) is 0 Å². The highest BCUT2D eigenvalue weighted by Crippen LogP contribution is 2.17. The fourth-order valence-electron chi connectivity index (χ4n) is 2.01. The molecule has 0 saturated carbocycles. The largest absolute Gasteiger partial charge is 0.480 e. The van der Waals surface area contributed by atoms with Crippen LogP contribution >= 0.6 is 0 Å². The van der Waals surface area contributed by atoms with E-state index in [1.165, 1.54) is 0 Å². The minimum atomic E-state index is -1.19. The zero-order valence-corrected chi connectivity index (χ0v) is 10.9. The number of aromatic nitrogens is 1. The zero-order chi connectivity index (χ0) is 13.9. The van der Waals surface area contributed by atoms with Crippen molar-refractivity contribution in [1.29, 1.82) is 0 Å². The second-order valence-electron chi connectivity index (χ2n) is 4.75. The van der Waals surface area contributed by atoms with Gasteiger partial charge < -0.3 is 15.4 Å². The fraction of sp³-hybridized carbons (Fsp3) is 0.267. The highest BCUT2D eigenvalue weighted by molar-refractivity contribution is 5.78. The molecular formula is C15H18N2O2. The number of nitrogens with two attached hydrogens (primary N) is 1. The summed E-state index contributed by atoms with van der Waals surface area (Å²) >= 11 is 0. The predicted octanol–water partition coefficient (Wildman–Crippen LogP) is 2.21. The van der Waals surface area contributed by atoms with Crippen LogP contribution in [-0.4, -0.2) is 21.2 Å². The Balaban J connectivity index is 2.17. The molecule has 0 fully saturated rings. The van der Waals surface area contributed by atoms with Crippen LogP contribution in [0, 0.1) is 0 Å². The summed E-state index contributed by atoms with van der Waals surface area (Å²) in [4.78, 5) is 11.2. The first kappa shape index (κ1) is 13.4. The molecule has 0 saturated heterocycles. The molecule has 0 aliphatic heterocycles. The molecule has 1 heterocycles. The Hall–Kier alpha value is -2.07. The van der Waals surface area contributed by atoms with Crippen LogP contribution in [0.2, 0.25) is 0 Å². The van der Waals surface area contributed by atoms with Crippen LogP contribution in [0.3, 0.4) is 0 Å². The predicted molar refractivity (Wildman–Crippen MR) is 74.3 cm³/mol. The summed E-state index contributed by atoms with van der Waals surface area (Å²) in [5, 5.41) is 9.17. The van der Waals surface area contributed by atoms with Gasteiger partial charge in [0, 0.05) is 24.5 Å². The Bertz CT molecular complexity index is 546. The molecule has 4 nitrogen and oxygen atoms in total. The maximum atomic E-state index is 11.2. The minimum absolute atomic E-state index is 0.338. The van der Waals surface area contributed by atoms with Gasteiger partial charge in [0.1, 0.15) is 5.54 Å². The highest BCUT2D eigenvalue weighted by Gasteiger charge is 2.31. The normalized spacial score (nSPS) is 14.0. The Kier molecular flexibility index (Phi) is 3.71. The number of carbonyl (C=O) groups is 1. The molecule has 2 rings (SSSR count). The molecule has 19 heavy (non-hydrogen) atoms. The van der Waals surface area contributed by atoms with Gasteiger partial charge in [-0.15, -0.1) is 0 Å². The number of benzene rings is 1. The summed E-state index contributed by atoms with van der Waals surface area (Å²) in [6, 6.07) is 11.7. The molecule has 2 aromatic rings. The lowest BCUT2D eigenvalue weighted by molar-refractivity contribution is -0.143. The SMILES string of the molecule is CC[C@](N)(Cc1ccc(-n2cccc2)cc1)C(=O)O. The van der Waals surface area contributed by atoms with Gasteiger partial charge in [-0.3, -0.25) is 4.79 Å². The fourth-order valence-corrected chi connectivity index (χ4v) is 2.01. The third kappa shape index (κ3) is 2.85. The third-order valence-electron chi connectivity index (χ3n) is 3.42. The molecule has 1 aromatic heterocycles. The number of carboxylic acid groups (broad SMARTS) is 1. The van der Waals surface area contributed by atoms with E-state index in [2.05, 4.69) is 0 Å². The zero-order valence-electron chi connectivity index (χ0n) is 10.9. The standard InChI is InChI=1S/C15H18N2O2/c1-2-15(16,14(18)19)11-12-5-7-13(8-6-12)17-9-3-4-10-17/h3-10H,2,11,16H2,1H3,(H,18,19)/t15-/m0/s1. The van der Waals surface area contributed by atoms with Gasteiger partial charge in [-0.05, 0) is 36.2 Å². The van der Waals surface area contributed by atoms with Gasteiger partial charge in [0.2, 0.25) is 0 Å². The lowest BCUT2D eigenvalue weighted by Gasteiger charge is -2.23. The van der Waals surface area contributed by atoms with Gasteiger partial charge in [-0.1, -0.05) is 19.1 Å². The van der Waals surface area contributed by atoms with Crippen molar-refractivity contribution in [1.82, 2.24) is 4.57 Å². The van der Waals surface area contributed by atoms with E-state index in [1.807, 2.05) is 53.4 Å². The van der Waals surface area contributed by atoms with E-state index < -0.39 is 11.5 Å². The summed E-state index contributed by atoms with van der Waals surface area (Å²) in [6.45, 7) is 1.79. The van der Waals surface area contributed by atoms with E-state index in [4.69, 9.17) is 10.8 Å². The molecule has 0 aliphatic rings. The van der Waals surface area contributed by atoms with Gasteiger partial charge in [-0.25, -0.2) is 0 Å². The molecule has 1 aromatic carbocycles. The summed E-state index contributed by atoms with van der Waals surface area (Å²) in [5.41, 5.74) is 6.69. The molecule has 0 bridgehead atoms. The Morgan fingerprint density at radius 1 is 1.26 bits per heavy atom. The topological polar surface area (TPSA) is 68.2 Å². The van der Waals surface area contributed by atoms with E-state index >= 15 is 0 Å². The number of nitrogens with zero attached hydrogens (tertiary/aromatic N) is 1. The quantitative estimate of drug-likeness (QED) is 0.864. The number of aliphatic carboxylic acids is 1. The second kappa shape index (κ2) is 5.28. The average Bonchev–Trinajstić information content (AvgIpc) is 2.93. The first-order valence-electron chi connectivity index (χ1n) is 6.30. The van der Waals surface area contributed by atoms with Gasteiger partial charge in [0.05, 0.1) is 0 Å². The monoisotopic (exact) mass is 258 g/mol. The molecule has 0 amide bonds. The number of rotatable bonds is 5. The van der Waals surface area contributed by atoms with Crippen molar-refractivity contribution >= 4 is 5.97 Å². The summed E-state index contributed by atoms with van der Waals surface area (Å²) in [6.07, 6.45) is 4.67. The molecule has 0 spiro atoms. The summed E-state index contributed by atoms with van der Waals surface area (Å²) < 4.78 is 2.00.